The summed E-state index contributed by atoms with van der Waals surface area (Å²) in [7, 11) is 0. The summed E-state index contributed by atoms with van der Waals surface area (Å²) >= 11 is 0. The van der Waals surface area contributed by atoms with Crippen LogP contribution in [0.25, 0.3) is 0 Å². The number of guanidine groups is 1. The Balaban J connectivity index is 2.30. The molecule has 15 heteroatoms. The van der Waals surface area contributed by atoms with E-state index in [1.807, 2.05) is 0 Å². The molecule has 0 saturated carbocycles. The van der Waals surface area contributed by atoms with Crippen molar-refractivity contribution in [3.8, 4) is 0 Å². The van der Waals surface area contributed by atoms with Crippen molar-refractivity contribution in [1.82, 2.24) is 26.6 Å². The van der Waals surface area contributed by atoms with Gasteiger partial charge in [0.25, 0.3) is 5.91 Å². The first-order valence-corrected chi connectivity index (χ1v) is 11.8. The first kappa shape index (κ1) is 29.5. The minimum Gasteiger partial charge on any atom is -0.481 e. The molecule has 0 radical (unpaired) electrons. The fraction of sp³-hybridized carbons (Fsp3) is 0.435. The summed E-state index contributed by atoms with van der Waals surface area (Å²) < 4.78 is 0. The Hall–Kier alpha value is -4.69. The number of rotatable bonds is 6. The number of carbonyl (C=O) groups is 6. The van der Waals surface area contributed by atoms with Crippen molar-refractivity contribution in [2.24, 2.45) is 16.5 Å². The molecule has 3 atom stereocenters. The van der Waals surface area contributed by atoms with Crippen LogP contribution in [0, 0.1) is 0 Å². The van der Waals surface area contributed by atoms with Gasteiger partial charge < -0.3 is 43.2 Å². The SMILES string of the molecule is C[C@@H]1NC(=O)c2cccc(c2)CNC(=O)[C@H](CC(=O)O)NC(=O)CNC(=O)[C@H](CCCN=C(N)N)NC1=O. The summed E-state index contributed by atoms with van der Waals surface area (Å²) in [5.41, 5.74) is 11.3. The highest BCUT2D eigenvalue weighted by Gasteiger charge is 2.27. The van der Waals surface area contributed by atoms with E-state index in [-0.39, 0.29) is 31.0 Å². The Morgan fingerprint density at radius 2 is 1.66 bits per heavy atom. The van der Waals surface area contributed by atoms with E-state index in [4.69, 9.17) is 16.6 Å². The van der Waals surface area contributed by atoms with Gasteiger partial charge in [-0.25, -0.2) is 0 Å². The zero-order valence-electron chi connectivity index (χ0n) is 20.8. The monoisotopic (exact) mass is 532 g/mol. The smallest absolute Gasteiger partial charge is 0.305 e. The zero-order valence-corrected chi connectivity index (χ0v) is 20.8. The summed E-state index contributed by atoms with van der Waals surface area (Å²) in [6.07, 6.45) is -0.297. The van der Waals surface area contributed by atoms with Gasteiger partial charge in [0.15, 0.2) is 5.96 Å². The van der Waals surface area contributed by atoms with Gasteiger partial charge in [-0.05, 0) is 37.5 Å². The second-order valence-electron chi connectivity index (χ2n) is 8.56. The fourth-order valence-corrected chi connectivity index (χ4v) is 3.47. The number of carboxylic acid groups (broad SMARTS) is 1. The lowest BCUT2D eigenvalue weighted by molar-refractivity contribution is -0.140. The van der Waals surface area contributed by atoms with Crippen molar-refractivity contribution in [3.63, 3.8) is 0 Å². The number of nitrogens with one attached hydrogen (secondary N) is 5. The Labute approximate surface area is 218 Å². The van der Waals surface area contributed by atoms with Gasteiger partial charge >= 0.3 is 5.97 Å². The Morgan fingerprint density at radius 1 is 0.974 bits per heavy atom. The number of amides is 5. The number of nitrogens with two attached hydrogens (primary N) is 2. The van der Waals surface area contributed by atoms with Crippen molar-refractivity contribution >= 4 is 41.5 Å². The van der Waals surface area contributed by atoms with Crippen LogP contribution in [0.3, 0.4) is 0 Å². The van der Waals surface area contributed by atoms with Gasteiger partial charge in [0.05, 0.1) is 13.0 Å². The lowest BCUT2D eigenvalue weighted by atomic mass is 10.1. The molecule has 0 fully saturated rings. The van der Waals surface area contributed by atoms with Crippen LogP contribution in [0.2, 0.25) is 0 Å². The number of hydrogen-bond donors (Lipinski definition) is 8. The third kappa shape index (κ3) is 9.75. The van der Waals surface area contributed by atoms with Gasteiger partial charge in [-0.3, -0.25) is 33.8 Å². The predicted molar refractivity (Wildman–Crippen MR) is 134 cm³/mol. The average Bonchev–Trinajstić information content (AvgIpc) is 2.86. The quantitative estimate of drug-likeness (QED) is 0.106. The minimum atomic E-state index is -1.42. The van der Waals surface area contributed by atoms with Crippen LogP contribution in [-0.4, -0.2) is 77.8 Å². The fourth-order valence-electron chi connectivity index (χ4n) is 3.47. The first-order valence-electron chi connectivity index (χ1n) is 11.8. The first-order chi connectivity index (χ1) is 18.0. The molecule has 1 heterocycles. The lowest BCUT2D eigenvalue weighted by Crippen LogP contribution is -2.55. The van der Waals surface area contributed by atoms with Crippen molar-refractivity contribution in [1.29, 1.82) is 0 Å². The molecule has 0 aromatic heterocycles. The number of aliphatic carboxylic acids is 1. The molecule has 0 aliphatic carbocycles. The molecular formula is C23H32N8O7. The number of fused-ring (bicyclic) bond motifs is 2. The standard InChI is InChI=1S/C23H32N8O7/c1-12-19(35)31-15(6-3-7-26-23(24)25)21(37)28-11-17(32)30-16(9-18(33)34)22(38)27-10-13-4-2-5-14(8-13)20(36)29-12/h2,4-5,8,12,15-16H,3,6-7,9-11H2,1H3,(H,27,38)(H,28,37)(H,29,36)(H,30,32)(H,31,35)(H,33,34)(H4,24,25,26)/t12-,15-,16-/m0/s1. The molecule has 1 aromatic rings. The van der Waals surface area contributed by atoms with Crippen molar-refractivity contribution < 1.29 is 33.9 Å². The lowest BCUT2D eigenvalue weighted by Gasteiger charge is -2.22. The number of hydrogen-bond acceptors (Lipinski definition) is 7. The van der Waals surface area contributed by atoms with E-state index in [1.165, 1.54) is 19.1 Å². The zero-order chi connectivity index (χ0) is 28.2. The van der Waals surface area contributed by atoms with Crippen LogP contribution in [0.1, 0.15) is 42.1 Å². The summed E-state index contributed by atoms with van der Waals surface area (Å²) in [5.74, 6) is -4.96. The van der Waals surface area contributed by atoms with E-state index in [0.717, 1.165) is 0 Å². The van der Waals surface area contributed by atoms with Gasteiger partial charge in [-0.2, -0.15) is 0 Å². The normalized spacial score (nSPS) is 21.4. The summed E-state index contributed by atoms with van der Waals surface area (Å²) in [6.45, 7) is 0.980. The third-order valence-electron chi connectivity index (χ3n) is 5.43. The van der Waals surface area contributed by atoms with Crippen LogP contribution >= 0.6 is 0 Å². The molecule has 206 valence electrons. The molecule has 2 rings (SSSR count). The van der Waals surface area contributed by atoms with E-state index >= 15 is 0 Å². The van der Waals surface area contributed by atoms with Crippen molar-refractivity contribution in [3.05, 3.63) is 35.4 Å². The molecule has 0 unspecified atom stereocenters. The summed E-state index contributed by atoms with van der Waals surface area (Å²) in [5, 5.41) is 21.4. The molecule has 1 aliphatic heterocycles. The van der Waals surface area contributed by atoms with E-state index in [2.05, 4.69) is 31.6 Å². The van der Waals surface area contributed by atoms with Crippen LogP contribution in [0.4, 0.5) is 0 Å². The molecule has 0 saturated heterocycles. The van der Waals surface area contributed by atoms with E-state index < -0.39 is 66.6 Å². The molecule has 1 aromatic carbocycles. The maximum absolute atomic E-state index is 12.8. The highest BCUT2D eigenvalue weighted by Crippen LogP contribution is 2.07. The number of carboxylic acids is 1. The van der Waals surface area contributed by atoms with Crippen molar-refractivity contribution in [2.75, 3.05) is 13.1 Å². The van der Waals surface area contributed by atoms with E-state index in [9.17, 15) is 28.8 Å². The van der Waals surface area contributed by atoms with Gasteiger partial charge in [0.2, 0.25) is 23.6 Å². The Bertz CT molecular complexity index is 1100. The second kappa shape index (κ2) is 14.2. The minimum absolute atomic E-state index is 0.0553. The summed E-state index contributed by atoms with van der Waals surface area (Å²) in [6, 6.07) is 2.68. The van der Waals surface area contributed by atoms with Gasteiger partial charge in [-0.15, -0.1) is 0 Å². The topological polar surface area (TPSA) is 247 Å². The Kier molecular flexibility index (Phi) is 11.0. The molecular weight excluding hydrogens is 500 g/mol. The number of carbonyl (C=O) groups excluding carboxylic acids is 5. The molecule has 1 aliphatic rings. The summed E-state index contributed by atoms with van der Waals surface area (Å²) in [4.78, 5) is 78.3. The highest BCUT2D eigenvalue weighted by atomic mass is 16.4. The number of nitrogens with zero attached hydrogens (tertiary/aromatic N) is 1. The second-order valence-corrected chi connectivity index (χ2v) is 8.56. The van der Waals surface area contributed by atoms with Crippen molar-refractivity contribution in [2.45, 2.75) is 50.9 Å². The molecule has 5 amide bonds. The maximum Gasteiger partial charge on any atom is 0.305 e. The van der Waals surface area contributed by atoms with Crippen LogP contribution in [0.15, 0.2) is 29.3 Å². The molecule has 15 nitrogen and oxygen atoms in total. The van der Waals surface area contributed by atoms with E-state index in [1.54, 1.807) is 12.1 Å². The molecule has 10 N–H and O–H groups in total. The van der Waals surface area contributed by atoms with Gasteiger partial charge in [0.1, 0.15) is 18.1 Å². The number of benzene rings is 1. The number of aliphatic imine (C=N–C) groups is 1. The maximum atomic E-state index is 12.8. The predicted octanol–water partition coefficient (Wildman–Crippen LogP) is -2.95. The molecule has 0 spiro atoms. The third-order valence-corrected chi connectivity index (χ3v) is 5.43. The van der Waals surface area contributed by atoms with Crippen LogP contribution < -0.4 is 38.1 Å². The van der Waals surface area contributed by atoms with E-state index in [0.29, 0.717) is 12.0 Å². The molecule has 38 heavy (non-hydrogen) atoms. The largest absolute Gasteiger partial charge is 0.481 e. The molecule has 2 bridgehead atoms. The van der Waals surface area contributed by atoms with Crippen LogP contribution in [-0.2, 0) is 30.5 Å². The average molecular weight is 533 g/mol. The van der Waals surface area contributed by atoms with Gasteiger partial charge in [0, 0.05) is 18.7 Å². The van der Waals surface area contributed by atoms with Gasteiger partial charge in [-0.1, -0.05) is 12.1 Å². The van der Waals surface area contributed by atoms with Crippen LogP contribution in [0.5, 0.6) is 0 Å². The Morgan fingerprint density at radius 3 is 2.34 bits per heavy atom. The highest BCUT2D eigenvalue weighted by molar-refractivity contribution is 5.99.